The molecule has 0 bridgehead atoms. The van der Waals surface area contributed by atoms with E-state index in [0.29, 0.717) is 6.61 Å². The van der Waals surface area contributed by atoms with E-state index in [4.69, 9.17) is 4.74 Å². The van der Waals surface area contributed by atoms with Crippen molar-refractivity contribution in [1.82, 2.24) is 9.97 Å². The van der Waals surface area contributed by atoms with Crippen molar-refractivity contribution in [3.63, 3.8) is 0 Å². The molecule has 0 saturated carbocycles. The lowest BCUT2D eigenvalue weighted by atomic mass is 10.1. The summed E-state index contributed by atoms with van der Waals surface area (Å²) in [4.78, 5) is 9.12. The van der Waals surface area contributed by atoms with Crippen LogP contribution in [0.2, 0.25) is 0 Å². The second kappa shape index (κ2) is 8.04. The molecule has 5 heteroatoms. The standard InChI is InChI=1S/C15H28N4O/c1-6-8-12-17-13(16-9-7-2)10-14(18-12)19-15(3,4)11-20-5/h10H,6-9,11H2,1-5H3,(H2,16,17,18,19). The molecule has 0 unspecified atom stereocenters. The molecule has 0 atom stereocenters. The fourth-order valence-corrected chi connectivity index (χ4v) is 1.98. The Balaban J connectivity index is 2.89. The zero-order valence-electron chi connectivity index (χ0n) is 13.4. The Bertz CT molecular complexity index is 407. The summed E-state index contributed by atoms with van der Waals surface area (Å²) in [5, 5.41) is 6.75. The van der Waals surface area contributed by atoms with E-state index in [1.807, 2.05) is 6.07 Å². The smallest absolute Gasteiger partial charge is 0.133 e. The van der Waals surface area contributed by atoms with E-state index in [1.54, 1.807) is 7.11 Å². The predicted octanol–water partition coefficient (Wildman–Crippen LogP) is 3.09. The summed E-state index contributed by atoms with van der Waals surface area (Å²) in [7, 11) is 1.71. The van der Waals surface area contributed by atoms with Gasteiger partial charge in [-0.15, -0.1) is 0 Å². The normalized spacial score (nSPS) is 11.4. The van der Waals surface area contributed by atoms with Crippen molar-refractivity contribution in [2.75, 3.05) is 30.9 Å². The third-order valence-electron chi connectivity index (χ3n) is 2.77. The maximum absolute atomic E-state index is 5.23. The first-order chi connectivity index (χ1) is 9.50. The highest BCUT2D eigenvalue weighted by atomic mass is 16.5. The lowest BCUT2D eigenvalue weighted by Crippen LogP contribution is -2.36. The minimum absolute atomic E-state index is 0.158. The van der Waals surface area contributed by atoms with E-state index in [9.17, 15) is 0 Å². The number of rotatable bonds is 9. The first kappa shape index (κ1) is 16.7. The molecule has 0 amide bonds. The van der Waals surface area contributed by atoms with Crippen LogP contribution in [-0.2, 0) is 11.2 Å². The quantitative estimate of drug-likeness (QED) is 0.728. The molecule has 0 radical (unpaired) electrons. The molecule has 0 aromatic carbocycles. The van der Waals surface area contributed by atoms with E-state index in [1.165, 1.54) is 0 Å². The second-order valence-electron chi connectivity index (χ2n) is 5.67. The van der Waals surface area contributed by atoms with Crippen LogP contribution in [0.3, 0.4) is 0 Å². The topological polar surface area (TPSA) is 59.1 Å². The number of anilines is 2. The van der Waals surface area contributed by atoms with Crippen LogP contribution in [0.5, 0.6) is 0 Å². The zero-order chi connectivity index (χ0) is 15.0. The highest BCUT2D eigenvalue weighted by molar-refractivity contribution is 5.48. The molecule has 20 heavy (non-hydrogen) atoms. The van der Waals surface area contributed by atoms with Gasteiger partial charge in [-0.05, 0) is 26.7 Å². The monoisotopic (exact) mass is 280 g/mol. The number of aromatic nitrogens is 2. The van der Waals surface area contributed by atoms with Gasteiger partial charge >= 0.3 is 0 Å². The average molecular weight is 280 g/mol. The van der Waals surface area contributed by atoms with Gasteiger partial charge in [0.05, 0.1) is 12.1 Å². The second-order valence-corrected chi connectivity index (χ2v) is 5.67. The van der Waals surface area contributed by atoms with Gasteiger partial charge in [0.1, 0.15) is 17.5 Å². The van der Waals surface area contributed by atoms with E-state index in [0.717, 1.165) is 43.3 Å². The van der Waals surface area contributed by atoms with Crippen LogP contribution in [0.25, 0.3) is 0 Å². The van der Waals surface area contributed by atoms with Crippen LogP contribution in [0.1, 0.15) is 46.4 Å². The summed E-state index contributed by atoms with van der Waals surface area (Å²) < 4.78 is 5.23. The Morgan fingerprint density at radius 2 is 1.85 bits per heavy atom. The third-order valence-corrected chi connectivity index (χ3v) is 2.77. The van der Waals surface area contributed by atoms with Crippen LogP contribution in [0, 0.1) is 0 Å². The molecule has 1 rings (SSSR count). The molecular formula is C15H28N4O. The zero-order valence-corrected chi connectivity index (χ0v) is 13.4. The molecule has 2 N–H and O–H groups in total. The van der Waals surface area contributed by atoms with Gasteiger partial charge in [-0.3, -0.25) is 0 Å². The fourth-order valence-electron chi connectivity index (χ4n) is 1.98. The van der Waals surface area contributed by atoms with Gasteiger partial charge < -0.3 is 15.4 Å². The number of methoxy groups -OCH3 is 1. The molecule has 114 valence electrons. The Morgan fingerprint density at radius 1 is 1.15 bits per heavy atom. The summed E-state index contributed by atoms with van der Waals surface area (Å²) in [5.41, 5.74) is -0.158. The SMILES string of the molecule is CCCNc1cc(NC(C)(C)COC)nc(CCC)n1. The van der Waals surface area contributed by atoms with Gasteiger partial charge in [0, 0.05) is 26.1 Å². The van der Waals surface area contributed by atoms with Crippen LogP contribution in [-0.4, -0.2) is 35.8 Å². The summed E-state index contributed by atoms with van der Waals surface area (Å²) >= 11 is 0. The Labute approximate surface area is 122 Å². The molecule has 0 aliphatic rings. The summed E-state index contributed by atoms with van der Waals surface area (Å²) in [6, 6.07) is 1.96. The van der Waals surface area contributed by atoms with Crippen molar-refractivity contribution < 1.29 is 4.74 Å². The lowest BCUT2D eigenvalue weighted by molar-refractivity contribution is 0.158. The van der Waals surface area contributed by atoms with Crippen molar-refractivity contribution in [1.29, 1.82) is 0 Å². The maximum atomic E-state index is 5.23. The number of ether oxygens (including phenoxy) is 1. The number of nitrogens with zero attached hydrogens (tertiary/aromatic N) is 2. The van der Waals surface area contributed by atoms with Gasteiger partial charge in [-0.25, -0.2) is 9.97 Å². The Hall–Kier alpha value is -1.36. The van der Waals surface area contributed by atoms with Crippen molar-refractivity contribution in [3.05, 3.63) is 11.9 Å². The molecule has 1 heterocycles. The summed E-state index contributed by atoms with van der Waals surface area (Å²) in [6.45, 7) is 10.0. The van der Waals surface area contributed by atoms with Crippen molar-refractivity contribution in [3.8, 4) is 0 Å². The molecular weight excluding hydrogens is 252 g/mol. The average Bonchev–Trinajstić information content (AvgIpc) is 2.35. The number of hydrogen-bond donors (Lipinski definition) is 2. The highest BCUT2D eigenvalue weighted by Crippen LogP contribution is 2.17. The molecule has 1 aromatic heterocycles. The van der Waals surface area contributed by atoms with Crippen LogP contribution in [0.15, 0.2) is 6.07 Å². The van der Waals surface area contributed by atoms with E-state index >= 15 is 0 Å². The Morgan fingerprint density at radius 3 is 2.45 bits per heavy atom. The van der Waals surface area contributed by atoms with Gasteiger partial charge in [-0.2, -0.15) is 0 Å². The minimum atomic E-state index is -0.158. The van der Waals surface area contributed by atoms with Crippen molar-refractivity contribution in [2.24, 2.45) is 0 Å². The van der Waals surface area contributed by atoms with Crippen LogP contribution in [0.4, 0.5) is 11.6 Å². The lowest BCUT2D eigenvalue weighted by Gasteiger charge is -2.26. The maximum Gasteiger partial charge on any atom is 0.133 e. The molecule has 0 spiro atoms. The first-order valence-electron chi connectivity index (χ1n) is 7.39. The van der Waals surface area contributed by atoms with E-state index in [-0.39, 0.29) is 5.54 Å². The first-order valence-corrected chi connectivity index (χ1v) is 7.39. The van der Waals surface area contributed by atoms with Gasteiger partial charge in [0.15, 0.2) is 0 Å². The number of nitrogens with one attached hydrogen (secondary N) is 2. The van der Waals surface area contributed by atoms with Crippen molar-refractivity contribution >= 4 is 11.6 Å². The fraction of sp³-hybridized carbons (Fsp3) is 0.733. The summed E-state index contributed by atoms with van der Waals surface area (Å²) in [5.74, 6) is 2.62. The van der Waals surface area contributed by atoms with E-state index < -0.39 is 0 Å². The summed E-state index contributed by atoms with van der Waals surface area (Å²) in [6.07, 6.45) is 3.00. The molecule has 0 fully saturated rings. The largest absolute Gasteiger partial charge is 0.382 e. The Kier molecular flexibility index (Phi) is 6.71. The molecule has 0 saturated heterocycles. The van der Waals surface area contributed by atoms with E-state index in [2.05, 4.69) is 48.3 Å². The molecule has 0 aliphatic carbocycles. The van der Waals surface area contributed by atoms with Crippen molar-refractivity contribution in [2.45, 2.75) is 52.5 Å². The van der Waals surface area contributed by atoms with Gasteiger partial charge in [0.25, 0.3) is 0 Å². The van der Waals surface area contributed by atoms with Gasteiger partial charge in [0.2, 0.25) is 0 Å². The number of hydrogen-bond acceptors (Lipinski definition) is 5. The molecule has 5 nitrogen and oxygen atoms in total. The van der Waals surface area contributed by atoms with Crippen LogP contribution < -0.4 is 10.6 Å². The molecule has 1 aromatic rings. The number of aryl methyl sites for hydroxylation is 1. The highest BCUT2D eigenvalue weighted by Gasteiger charge is 2.18. The molecule has 0 aliphatic heterocycles. The minimum Gasteiger partial charge on any atom is -0.382 e. The third kappa shape index (κ3) is 5.74. The predicted molar refractivity (Wildman–Crippen MR) is 84.4 cm³/mol. The van der Waals surface area contributed by atoms with Crippen LogP contribution >= 0.6 is 0 Å². The van der Waals surface area contributed by atoms with Gasteiger partial charge in [-0.1, -0.05) is 13.8 Å².